The van der Waals surface area contributed by atoms with Crippen molar-refractivity contribution in [2.24, 2.45) is 0 Å². The molecule has 2 aliphatic heterocycles. The van der Waals surface area contributed by atoms with E-state index >= 15 is 0 Å². The van der Waals surface area contributed by atoms with Gasteiger partial charge in [-0.25, -0.2) is 19.9 Å². The van der Waals surface area contributed by atoms with Crippen molar-refractivity contribution >= 4 is 91.2 Å². The molecule has 8 heteroatoms. The van der Waals surface area contributed by atoms with Crippen LogP contribution in [0.2, 0.25) is 0 Å². The highest BCUT2D eigenvalue weighted by atomic mass is 32.2. The molecule has 0 bridgehead atoms. The molecule has 2 aliphatic rings. The minimum atomic E-state index is 0.934. The highest BCUT2D eigenvalue weighted by molar-refractivity contribution is 8.30. The van der Waals surface area contributed by atoms with Gasteiger partial charge in [-0.05, 0) is 48.5 Å². The SMILES string of the molecule is c1ccc2nc3cc4c(cc3nc2c1)SC(=C1Sc2cc3nc5ccccc5nc3cc2S1)S4. The van der Waals surface area contributed by atoms with Crippen LogP contribution in [0.5, 0.6) is 0 Å². The van der Waals surface area contributed by atoms with Gasteiger partial charge in [0.25, 0.3) is 0 Å². The number of rotatable bonds is 0. The predicted octanol–water partition coefficient (Wildman–Crippen LogP) is 8.10. The Labute approximate surface area is 211 Å². The van der Waals surface area contributed by atoms with E-state index < -0.39 is 0 Å². The van der Waals surface area contributed by atoms with Crippen molar-refractivity contribution in [2.75, 3.05) is 0 Å². The second-order valence-electron chi connectivity index (χ2n) is 7.98. The number of nitrogens with zero attached hydrogens (tertiary/aromatic N) is 4. The molecule has 0 unspecified atom stereocenters. The van der Waals surface area contributed by atoms with Crippen LogP contribution in [-0.2, 0) is 0 Å². The standard InChI is InChI=1S/C26H12N4S4/c1-2-6-14-13(5-1)27-17-9-21-22(10-18(17)28-14)32-25(31-21)26-33-23-11-19-20(12-24(23)34-26)30-16-8-4-3-7-15(16)29-19/h1-12H. The molecule has 4 aromatic carbocycles. The molecule has 0 spiro atoms. The Kier molecular flexibility index (Phi) is 4.22. The van der Waals surface area contributed by atoms with Gasteiger partial charge in [0.05, 0.1) is 52.6 Å². The second-order valence-corrected chi connectivity index (χ2v) is 12.7. The summed E-state index contributed by atoms with van der Waals surface area (Å²) in [6.45, 7) is 0. The van der Waals surface area contributed by atoms with Gasteiger partial charge in [-0.2, -0.15) is 0 Å². The fourth-order valence-corrected chi connectivity index (χ4v) is 9.55. The molecule has 0 radical (unpaired) electrons. The minimum absolute atomic E-state index is 0.934. The molecule has 2 aromatic heterocycles. The van der Waals surface area contributed by atoms with Crippen LogP contribution in [0.25, 0.3) is 44.1 Å². The Hall–Kier alpha value is -2.78. The van der Waals surface area contributed by atoms with Crippen LogP contribution in [-0.4, -0.2) is 19.9 Å². The molecule has 8 rings (SSSR count). The number of aromatic nitrogens is 4. The predicted molar refractivity (Wildman–Crippen MR) is 145 cm³/mol. The Morgan fingerprint density at radius 2 is 0.618 bits per heavy atom. The van der Waals surface area contributed by atoms with Gasteiger partial charge in [0, 0.05) is 19.6 Å². The minimum Gasteiger partial charge on any atom is -0.244 e. The first-order valence-electron chi connectivity index (χ1n) is 10.6. The highest BCUT2D eigenvalue weighted by Gasteiger charge is 2.28. The van der Waals surface area contributed by atoms with E-state index in [1.54, 1.807) is 0 Å². The molecule has 0 saturated heterocycles. The Bertz CT molecular complexity index is 1610. The van der Waals surface area contributed by atoms with Gasteiger partial charge in [-0.15, -0.1) is 0 Å². The zero-order chi connectivity index (χ0) is 22.2. The molecule has 0 saturated carbocycles. The maximum atomic E-state index is 4.84. The third kappa shape index (κ3) is 3.06. The topological polar surface area (TPSA) is 51.6 Å². The molecule has 34 heavy (non-hydrogen) atoms. The summed E-state index contributed by atoms with van der Waals surface area (Å²) in [5, 5.41) is 0. The largest absolute Gasteiger partial charge is 0.244 e. The number of para-hydroxylation sites is 4. The van der Waals surface area contributed by atoms with E-state index in [0.29, 0.717) is 0 Å². The molecule has 0 fully saturated rings. The average molecular weight is 509 g/mol. The number of hydrogen-bond acceptors (Lipinski definition) is 8. The van der Waals surface area contributed by atoms with Crippen molar-refractivity contribution < 1.29 is 0 Å². The van der Waals surface area contributed by atoms with Crippen LogP contribution in [0.15, 0.2) is 101 Å². The van der Waals surface area contributed by atoms with Crippen LogP contribution >= 0.6 is 47.0 Å². The van der Waals surface area contributed by atoms with Gasteiger partial charge in [0.2, 0.25) is 0 Å². The lowest BCUT2D eigenvalue weighted by molar-refractivity contribution is 1.26. The maximum absolute atomic E-state index is 4.84. The quantitative estimate of drug-likeness (QED) is 0.191. The van der Waals surface area contributed by atoms with E-state index in [9.17, 15) is 0 Å². The van der Waals surface area contributed by atoms with Crippen LogP contribution in [0, 0.1) is 0 Å². The first kappa shape index (κ1) is 19.5. The Balaban J connectivity index is 1.18. The first-order valence-corrected chi connectivity index (χ1v) is 13.9. The van der Waals surface area contributed by atoms with E-state index in [0.717, 1.165) is 44.1 Å². The van der Waals surface area contributed by atoms with Crippen molar-refractivity contribution in [1.82, 2.24) is 19.9 Å². The summed E-state index contributed by atoms with van der Waals surface area (Å²) in [5.41, 5.74) is 7.52. The lowest BCUT2D eigenvalue weighted by Gasteiger charge is -2.02. The summed E-state index contributed by atoms with van der Waals surface area (Å²) in [7, 11) is 0. The van der Waals surface area contributed by atoms with Crippen molar-refractivity contribution in [3.05, 3.63) is 81.3 Å². The smallest absolute Gasteiger partial charge is 0.0906 e. The van der Waals surface area contributed by atoms with Gasteiger partial charge in [0.1, 0.15) is 0 Å². The molecule has 0 atom stereocenters. The summed E-state index contributed by atoms with van der Waals surface area (Å²) in [6.07, 6.45) is 0. The normalized spacial score (nSPS) is 15.1. The molecule has 6 aromatic rings. The second kappa shape index (κ2) is 7.36. The van der Waals surface area contributed by atoms with Crippen LogP contribution in [0.4, 0.5) is 0 Å². The van der Waals surface area contributed by atoms with Crippen LogP contribution in [0.3, 0.4) is 0 Å². The van der Waals surface area contributed by atoms with E-state index in [2.05, 4.69) is 24.3 Å². The van der Waals surface area contributed by atoms with Crippen molar-refractivity contribution in [3.63, 3.8) is 0 Å². The maximum Gasteiger partial charge on any atom is 0.0906 e. The molecular formula is C26H12N4S4. The third-order valence-corrected chi connectivity index (χ3v) is 11.4. The summed E-state index contributed by atoms with van der Waals surface area (Å²) in [5.74, 6) is 0. The number of hydrogen-bond donors (Lipinski definition) is 0. The van der Waals surface area contributed by atoms with E-state index in [-0.39, 0.29) is 0 Å². The van der Waals surface area contributed by atoms with Gasteiger partial charge in [-0.1, -0.05) is 71.3 Å². The van der Waals surface area contributed by atoms with Crippen LogP contribution < -0.4 is 0 Å². The molecule has 160 valence electrons. The van der Waals surface area contributed by atoms with Crippen molar-refractivity contribution in [3.8, 4) is 0 Å². The molecule has 4 heterocycles. The molecule has 0 amide bonds. The first-order chi connectivity index (χ1) is 16.8. The van der Waals surface area contributed by atoms with Gasteiger partial charge < -0.3 is 0 Å². The summed E-state index contributed by atoms with van der Waals surface area (Å²) in [6, 6.07) is 24.8. The fraction of sp³-hybridized carbons (Fsp3) is 0. The molecule has 0 N–H and O–H groups in total. The summed E-state index contributed by atoms with van der Waals surface area (Å²) >= 11 is 7.33. The highest BCUT2D eigenvalue weighted by Crippen LogP contribution is 2.61. The van der Waals surface area contributed by atoms with E-state index in [4.69, 9.17) is 19.9 Å². The van der Waals surface area contributed by atoms with E-state index in [1.807, 2.05) is 95.6 Å². The summed E-state index contributed by atoms with van der Waals surface area (Å²) < 4.78 is 2.63. The van der Waals surface area contributed by atoms with Gasteiger partial charge in [0.15, 0.2) is 0 Å². The van der Waals surface area contributed by atoms with Crippen molar-refractivity contribution in [2.45, 2.75) is 19.6 Å². The lowest BCUT2D eigenvalue weighted by atomic mass is 10.2. The van der Waals surface area contributed by atoms with Gasteiger partial charge >= 0.3 is 0 Å². The van der Waals surface area contributed by atoms with E-state index in [1.165, 1.54) is 28.1 Å². The Morgan fingerprint density at radius 1 is 0.353 bits per heavy atom. The summed E-state index contributed by atoms with van der Waals surface area (Å²) in [4.78, 5) is 24.4. The van der Waals surface area contributed by atoms with Crippen LogP contribution in [0.1, 0.15) is 0 Å². The zero-order valence-corrected chi connectivity index (χ0v) is 20.6. The number of fused-ring (bicyclic) bond motifs is 6. The third-order valence-electron chi connectivity index (χ3n) is 5.79. The molecule has 4 nitrogen and oxygen atoms in total. The number of thioether (sulfide) groups is 4. The molecular weight excluding hydrogens is 497 g/mol. The average Bonchev–Trinajstić information content (AvgIpc) is 3.46. The lowest BCUT2D eigenvalue weighted by Crippen LogP contribution is -1.87. The fourth-order valence-electron chi connectivity index (χ4n) is 4.19. The zero-order valence-electron chi connectivity index (χ0n) is 17.4. The number of benzene rings is 4. The van der Waals surface area contributed by atoms with Crippen molar-refractivity contribution in [1.29, 1.82) is 0 Å². The Morgan fingerprint density at radius 3 is 0.882 bits per heavy atom. The molecule has 0 aliphatic carbocycles. The monoisotopic (exact) mass is 508 g/mol. The van der Waals surface area contributed by atoms with Gasteiger partial charge in [-0.3, -0.25) is 0 Å².